The van der Waals surface area contributed by atoms with Gasteiger partial charge in [-0.25, -0.2) is 4.98 Å². The van der Waals surface area contributed by atoms with Crippen LogP contribution in [0.25, 0.3) is 16.9 Å². The van der Waals surface area contributed by atoms with Gasteiger partial charge < -0.3 is 9.88 Å². The van der Waals surface area contributed by atoms with E-state index >= 15 is 0 Å². The largest absolute Gasteiger partial charge is 0.349 e. The van der Waals surface area contributed by atoms with Gasteiger partial charge in [-0.05, 0) is 11.1 Å². The molecular formula is C17H16N4O2. The number of hydrogen-bond acceptors (Lipinski definition) is 3. The predicted octanol–water partition coefficient (Wildman–Crippen LogP) is 1.22. The van der Waals surface area contributed by atoms with Gasteiger partial charge in [0.1, 0.15) is 0 Å². The summed E-state index contributed by atoms with van der Waals surface area (Å²) in [6, 6.07) is 5.99. The number of amides is 1. The Balaban J connectivity index is 1.79. The number of carbonyl (C=O) groups is 1. The van der Waals surface area contributed by atoms with Crippen LogP contribution in [0.1, 0.15) is 16.8 Å². The van der Waals surface area contributed by atoms with Crippen LogP contribution in [0.15, 0.2) is 35.4 Å². The summed E-state index contributed by atoms with van der Waals surface area (Å²) in [5.74, 6) is 0.0749. The standard InChI is InChI=1S/C17H16N4O2/c1-20(2)14(22)8-10-3-4-12-11(7-10)9-13-15(12)19-17(23)16-18-5-6-21(13)16/h3-7H,8-9H2,1-2H3,(H,19,23). The molecule has 1 N–H and O–H groups in total. The number of aromatic nitrogens is 3. The summed E-state index contributed by atoms with van der Waals surface area (Å²) >= 11 is 0. The fourth-order valence-corrected chi connectivity index (χ4v) is 3.11. The van der Waals surface area contributed by atoms with E-state index in [2.05, 4.69) is 16.0 Å². The fraction of sp³-hybridized carbons (Fsp3) is 0.235. The summed E-state index contributed by atoms with van der Waals surface area (Å²) in [6.45, 7) is 0. The Bertz CT molecular complexity index is 997. The van der Waals surface area contributed by atoms with Crippen molar-refractivity contribution in [1.29, 1.82) is 0 Å². The van der Waals surface area contributed by atoms with E-state index in [1.807, 2.05) is 22.7 Å². The number of benzene rings is 1. The molecule has 1 aromatic carbocycles. The summed E-state index contributed by atoms with van der Waals surface area (Å²) in [4.78, 5) is 32.6. The normalized spacial score (nSPS) is 12.3. The lowest BCUT2D eigenvalue weighted by Crippen LogP contribution is -2.23. The number of H-pyrrole nitrogens is 1. The van der Waals surface area contributed by atoms with Gasteiger partial charge in [0.15, 0.2) is 0 Å². The minimum Gasteiger partial charge on any atom is -0.349 e. The average molecular weight is 308 g/mol. The molecule has 0 bridgehead atoms. The zero-order valence-electron chi connectivity index (χ0n) is 13.0. The van der Waals surface area contributed by atoms with Gasteiger partial charge in [0, 0.05) is 38.5 Å². The third-order valence-electron chi connectivity index (χ3n) is 4.31. The maximum Gasteiger partial charge on any atom is 0.292 e. The molecule has 1 aliphatic carbocycles. The zero-order valence-corrected chi connectivity index (χ0v) is 13.0. The van der Waals surface area contributed by atoms with E-state index in [1.54, 1.807) is 25.2 Å². The lowest BCUT2D eigenvalue weighted by molar-refractivity contribution is -0.127. The van der Waals surface area contributed by atoms with Crippen molar-refractivity contribution in [3.8, 4) is 11.3 Å². The minimum atomic E-state index is -0.187. The molecule has 2 heterocycles. The third-order valence-corrected chi connectivity index (χ3v) is 4.31. The summed E-state index contributed by atoms with van der Waals surface area (Å²) < 4.78 is 1.85. The Morgan fingerprint density at radius 1 is 1.39 bits per heavy atom. The monoisotopic (exact) mass is 308 g/mol. The first-order valence-corrected chi connectivity index (χ1v) is 7.45. The molecular weight excluding hydrogens is 292 g/mol. The third kappa shape index (κ3) is 2.06. The van der Waals surface area contributed by atoms with Gasteiger partial charge in [0.2, 0.25) is 11.6 Å². The number of imidazole rings is 1. The highest BCUT2D eigenvalue weighted by molar-refractivity contribution is 5.79. The Kier molecular flexibility index (Phi) is 2.87. The molecule has 0 saturated carbocycles. The van der Waals surface area contributed by atoms with E-state index in [0.29, 0.717) is 12.1 Å². The number of rotatable bonds is 2. The summed E-state index contributed by atoms with van der Waals surface area (Å²) in [5, 5.41) is 0. The highest BCUT2D eigenvalue weighted by atomic mass is 16.2. The van der Waals surface area contributed by atoms with Crippen molar-refractivity contribution in [1.82, 2.24) is 19.3 Å². The smallest absolute Gasteiger partial charge is 0.292 e. The number of hydrogen-bond donors (Lipinski definition) is 1. The van der Waals surface area contributed by atoms with Crippen LogP contribution in [0.3, 0.4) is 0 Å². The summed E-state index contributed by atoms with van der Waals surface area (Å²) in [6.07, 6.45) is 4.55. The van der Waals surface area contributed by atoms with Crippen molar-refractivity contribution < 1.29 is 4.79 Å². The van der Waals surface area contributed by atoms with E-state index < -0.39 is 0 Å². The van der Waals surface area contributed by atoms with Gasteiger partial charge >= 0.3 is 0 Å². The molecule has 0 aliphatic heterocycles. The molecule has 4 rings (SSSR count). The molecule has 0 saturated heterocycles. The Morgan fingerprint density at radius 2 is 2.22 bits per heavy atom. The van der Waals surface area contributed by atoms with Crippen molar-refractivity contribution in [2.75, 3.05) is 14.1 Å². The van der Waals surface area contributed by atoms with Gasteiger partial charge in [-0.1, -0.05) is 18.2 Å². The molecule has 0 fully saturated rings. The Morgan fingerprint density at radius 3 is 3.00 bits per heavy atom. The van der Waals surface area contributed by atoms with Gasteiger partial charge in [-0.2, -0.15) is 0 Å². The molecule has 0 spiro atoms. The molecule has 6 heteroatoms. The number of nitrogens with one attached hydrogen (secondary N) is 1. The van der Waals surface area contributed by atoms with Crippen LogP contribution in [0.2, 0.25) is 0 Å². The van der Waals surface area contributed by atoms with E-state index in [9.17, 15) is 9.59 Å². The van der Waals surface area contributed by atoms with E-state index in [0.717, 1.165) is 34.5 Å². The van der Waals surface area contributed by atoms with Gasteiger partial charge in [0.05, 0.1) is 17.8 Å². The van der Waals surface area contributed by atoms with Crippen molar-refractivity contribution in [3.63, 3.8) is 0 Å². The topological polar surface area (TPSA) is 70.5 Å². The van der Waals surface area contributed by atoms with Crippen LogP contribution in [0.5, 0.6) is 0 Å². The SMILES string of the molecule is CN(C)C(=O)Cc1ccc2c(c1)Cc1c-2[nH]c(=O)c2nccn12. The number of carbonyl (C=O) groups excluding carboxylic acids is 1. The average Bonchev–Trinajstić information content (AvgIpc) is 3.11. The molecule has 0 atom stereocenters. The van der Waals surface area contributed by atoms with Crippen LogP contribution >= 0.6 is 0 Å². The minimum absolute atomic E-state index is 0.0749. The molecule has 6 nitrogen and oxygen atoms in total. The van der Waals surface area contributed by atoms with E-state index in [-0.39, 0.29) is 11.5 Å². The van der Waals surface area contributed by atoms with Crippen molar-refractivity contribution in [2.24, 2.45) is 0 Å². The quantitative estimate of drug-likeness (QED) is 0.605. The highest BCUT2D eigenvalue weighted by Gasteiger charge is 2.23. The van der Waals surface area contributed by atoms with Crippen molar-refractivity contribution >= 4 is 11.6 Å². The number of aromatic amines is 1. The summed E-state index contributed by atoms with van der Waals surface area (Å²) in [7, 11) is 3.51. The van der Waals surface area contributed by atoms with Crippen LogP contribution in [-0.4, -0.2) is 39.3 Å². The predicted molar refractivity (Wildman–Crippen MR) is 86.5 cm³/mol. The van der Waals surface area contributed by atoms with Gasteiger partial charge in [-0.15, -0.1) is 0 Å². The molecule has 1 amide bonds. The van der Waals surface area contributed by atoms with E-state index in [4.69, 9.17) is 0 Å². The Labute approximate surface area is 132 Å². The fourth-order valence-electron chi connectivity index (χ4n) is 3.11. The first-order chi connectivity index (χ1) is 11.0. The molecule has 1 aliphatic rings. The maximum atomic E-state index is 12.1. The van der Waals surface area contributed by atoms with Crippen LogP contribution in [0, 0.1) is 0 Å². The molecule has 3 aromatic rings. The lowest BCUT2D eigenvalue weighted by Gasteiger charge is -2.10. The number of likely N-dealkylation sites (N-methyl/N-ethyl adjacent to an activating group) is 1. The van der Waals surface area contributed by atoms with Gasteiger partial charge in [0.25, 0.3) is 5.56 Å². The van der Waals surface area contributed by atoms with Crippen molar-refractivity contribution in [3.05, 3.63) is 57.8 Å². The highest BCUT2D eigenvalue weighted by Crippen LogP contribution is 2.35. The molecule has 116 valence electrons. The number of nitrogens with zero attached hydrogens (tertiary/aromatic N) is 3. The maximum absolute atomic E-state index is 12.1. The van der Waals surface area contributed by atoms with Crippen molar-refractivity contribution in [2.45, 2.75) is 12.8 Å². The first-order valence-electron chi connectivity index (χ1n) is 7.45. The molecule has 0 unspecified atom stereocenters. The van der Waals surface area contributed by atoms with Crippen LogP contribution in [0.4, 0.5) is 0 Å². The molecule has 0 radical (unpaired) electrons. The number of fused-ring (bicyclic) bond motifs is 5. The van der Waals surface area contributed by atoms with Gasteiger partial charge in [-0.3, -0.25) is 14.0 Å². The second kappa shape index (κ2) is 4.81. The Hall–Kier alpha value is -2.89. The zero-order chi connectivity index (χ0) is 16.1. The van der Waals surface area contributed by atoms with Crippen LogP contribution in [-0.2, 0) is 17.6 Å². The van der Waals surface area contributed by atoms with Crippen LogP contribution < -0.4 is 5.56 Å². The molecule has 23 heavy (non-hydrogen) atoms. The second-order valence-corrected chi connectivity index (χ2v) is 6.03. The molecule has 2 aromatic heterocycles. The first kappa shape index (κ1) is 13.8. The van der Waals surface area contributed by atoms with E-state index in [1.165, 1.54) is 0 Å². The second-order valence-electron chi connectivity index (χ2n) is 6.03. The lowest BCUT2D eigenvalue weighted by atomic mass is 10.0. The summed E-state index contributed by atoms with van der Waals surface area (Å²) in [5.41, 5.74) is 5.24.